The number of benzene rings is 2. The van der Waals surface area contributed by atoms with E-state index in [2.05, 4.69) is 15.6 Å². The van der Waals surface area contributed by atoms with Gasteiger partial charge < -0.3 is 20.3 Å². The summed E-state index contributed by atoms with van der Waals surface area (Å²) in [6.45, 7) is 0. The highest BCUT2D eigenvalue weighted by Gasteiger charge is 2.11. The zero-order valence-electron chi connectivity index (χ0n) is 18.5. The average Bonchev–Trinajstić information content (AvgIpc) is 2.83. The minimum absolute atomic E-state index is 0.00792. The van der Waals surface area contributed by atoms with Crippen LogP contribution in [0.15, 0.2) is 72.4 Å². The molecule has 0 aliphatic carbocycles. The molecule has 0 unspecified atom stereocenters. The number of nitrogens with one attached hydrogen (secondary N) is 2. The number of anilines is 2. The van der Waals surface area contributed by atoms with Crippen LogP contribution in [0, 0.1) is 11.3 Å². The second-order valence-electron chi connectivity index (χ2n) is 7.19. The number of nitriles is 1. The van der Waals surface area contributed by atoms with Crippen LogP contribution in [0.1, 0.15) is 16.1 Å². The molecule has 33 heavy (non-hydrogen) atoms. The van der Waals surface area contributed by atoms with Crippen molar-refractivity contribution in [3.63, 3.8) is 0 Å². The van der Waals surface area contributed by atoms with Crippen molar-refractivity contribution >= 4 is 29.3 Å². The molecule has 2 N–H and O–H groups in total. The third-order valence-corrected chi connectivity index (χ3v) is 4.62. The largest absolute Gasteiger partial charge is 0.457 e. The Kier molecular flexibility index (Phi) is 7.39. The molecule has 0 bridgehead atoms. The minimum Gasteiger partial charge on any atom is -0.457 e. The quantitative estimate of drug-likeness (QED) is 0.426. The monoisotopic (exact) mass is 441 g/mol. The Hall–Kier alpha value is -4.64. The van der Waals surface area contributed by atoms with Crippen molar-refractivity contribution in [3.05, 3.63) is 83.7 Å². The van der Waals surface area contributed by atoms with Crippen LogP contribution >= 0.6 is 0 Å². The number of amides is 2. The van der Waals surface area contributed by atoms with E-state index in [1.807, 2.05) is 49.3 Å². The van der Waals surface area contributed by atoms with Gasteiger partial charge in [0.1, 0.15) is 28.8 Å². The maximum Gasteiger partial charge on any atom is 0.269 e. The molecule has 166 valence electrons. The lowest BCUT2D eigenvalue weighted by molar-refractivity contribution is -0.112. The van der Waals surface area contributed by atoms with Gasteiger partial charge in [-0.05, 0) is 54.1 Å². The van der Waals surface area contributed by atoms with Crippen LogP contribution in [-0.4, -0.2) is 37.9 Å². The molecule has 1 aromatic heterocycles. The number of hydrogen-bond donors (Lipinski definition) is 2. The molecule has 0 fully saturated rings. The van der Waals surface area contributed by atoms with Gasteiger partial charge in [0, 0.05) is 44.8 Å². The summed E-state index contributed by atoms with van der Waals surface area (Å²) in [5.41, 5.74) is 2.52. The first-order valence-electron chi connectivity index (χ1n) is 10.1. The van der Waals surface area contributed by atoms with Crippen LogP contribution in [0.4, 0.5) is 11.4 Å². The van der Waals surface area contributed by atoms with Gasteiger partial charge in [-0.25, -0.2) is 0 Å². The zero-order valence-corrected chi connectivity index (χ0v) is 18.5. The molecule has 0 saturated heterocycles. The molecule has 0 radical (unpaired) electrons. The van der Waals surface area contributed by atoms with Gasteiger partial charge in [0.15, 0.2) is 0 Å². The number of ether oxygens (including phenoxy) is 1. The van der Waals surface area contributed by atoms with E-state index in [9.17, 15) is 14.9 Å². The molecule has 0 saturated carbocycles. The number of hydrogen-bond acceptors (Lipinski definition) is 6. The molecule has 2 aromatic carbocycles. The molecule has 8 nitrogen and oxygen atoms in total. The van der Waals surface area contributed by atoms with Gasteiger partial charge in [-0.2, -0.15) is 5.26 Å². The highest BCUT2D eigenvalue weighted by Crippen LogP contribution is 2.23. The van der Waals surface area contributed by atoms with Crippen LogP contribution < -0.4 is 20.3 Å². The molecule has 0 aliphatic heterocycles. The maximum atomic E-state index is 12.5. The Labute approximate surface area is 192 Å². The van der Waals surface area contributed by atoms with Crippen LogP contribution in [0.25, 0.3) is 6.08 Å². The van der Waals surface area contributed by atoms with Gasteiger partial charge in [-0.1, -0.05) is 12.1 Å². The standard InChI is InChI=1S/C25H23N5O3/c1-27-25(32)23-15-22(12-13-28-23)33-21-10-6-19(7-11-21)29-24(31)18(16-26)14-17-4-8-20(9-5-17)30(2)3/h4-15H,1-3H3,(H,27,32)(H,29,31)/b18-14+. The Bertz CT molecular complexity index is 1210. The van der Waals surface area contributed by atoms with Crippen molar-refractivity contribution in [1.82, 2.24) is 10.3 Å². The van der Waals surface area contributed by atoms with E-state index >= 15 is 0 Å². The summed E-state index contributed by atoms with van der Waals surface area (Å²) in [5, 5.41) is 14.6. The molecule has 8 heteroatoms. The first-order chi connectivity index (χ1) is 15.9. The lowest BCUT2D eigenvalue weighted by Gasteiger charge is -2.12. The van der Waals surface area contributed by atoms with Gasteiger partial charge in [0.05, 0.1) is 0 Å². The Morgan fingerprint density at radius 2 is 1.73 bits per heavy atom. The third kappa shape index (κ3) is 6.18. The normalized spacial score (nSPS) is 10.7. The topological polar surface area (TPSA) is 107 Å². The molecule has 1 heterocycles. The number of pyridine rings is 1. The predicted molar refractivity (Wildman–Crippen MR) is 127 cm³/mol. The SMILES string of the molecule is CNC(=O)c1cc(Oc2ccc(NC(=O)/C(C#N)=C/c3ccc(N(C)C)cc3)cc2)ccn1. The minimum atomic E-state index is -0.507. The Balaban J connectivity index is 1.66. The highest BCUT2D eigenvalue weighted by molar-refractivity contribution is 6.09. The van der Waals surface area contributed by atoms with Gasteiger partial charge in [0.25, 0.3) is 11.8 Å². The molecule has 3 rings (SSSR count). The van der Waals surface area contributed by atoms with E-state index < -0.39 is 5.91 Å². The van der Waals surface area contributed by atoms with Crippen LogP contribution in [0.5, 0.6) is 11.5 Å². The predicted octanol–water partition coefficient (Wildman–Crippen LogP) is 3.85. The number of carbonyl (C=O) groups is 2. The first-order valence-corrected chi connectivity index (χ1v) is 10.1. The molecule has 0 aliphatic rings. The third-order valence-electron chi connectivity index (χ3n) is 4.62. The van der Waals surface area contributed by atoms with E-state index in [0.29, 0.717) is 17.2 Å². The number of rotatable bonds is 7. The Morgan fingerprint density at radius 1 is 1.03 bits per heavy atom. The van der Waals surface area contributed by atoms with Crippen molar-refractivity contribution in [2.45, 2.75) is 0 Å². The van der Waals surface area contributed by atoms with E-state index in [-0.39, 0.29) is 17.2 Å². The van der Waals surface area contributed by atoms with Gasteiger partial charge >= 0.3 is 0 Å². The smallest absolute Gasteiger partial charge is 0.269 e. The van der Waals surface area contributed by atoms with Crippen LogP contribution in [-0.2, 0) is 4.79 Å². The molecule has 0 spiro atoms. The summed E-state index contributed by atoms with van der Waals surface area (Å²) in [6.07, 6.45) is 3.03. The summed E-state index contributed by atoms with van der Waals surface area (Å²) in [7, 11) is 5.40. The van der Waals surface area contributed by atoms with E-state index in [1.165, 1.54) is 19.3 Å². The fourth-order valence-electron chi connectivity index (χ4n) is 2.85. The van der Waals surface area contributed by atoms with Crippen molar-refractivity contribution < 1.29 is 14.3 Å². The van der Waals surface area contributed by atoms with E-state index in [1.54, 1.807) is 36.4 Å². The second kappa shape index (κ2) is 10.6. The highest BCUT2D eigenvalue weighted by atomic mass is 16.5. The first kappa shape index (κ1) is 23.0. The molecular weight excluding hydrogens is 418 g/mol. The lowest BCUT2D eigenvalue weighted by atomic mass is 10.1. The van der Waals surface area contributed by atoms with Crippen LogP contribution in [0.3, 0.4) is 0 Å². The average molecular weight is 441 g/mol. The zero-order chi connectivity index (χ0) is 23.8. The number of aromatic nitrogens is 1. The van der Waals surface area contributed by atoms with Crippen LogP contribution in [0.2, 0.25) is 0 Å². The van der Waals surface area contributed by atoms with Crippen molar-refractivity contribution in [1.29, 1.82) is 5.26 Å². The number of carbonyl (C=O) groups excluding carboxylic acids is 2. The molecule has 0 atom stereocenters. The van der Waals surface area contributed by atoms with Crippen molar-refractivity contribution in [2.75, 3.05) is 31.4 Å². The summed E-state index contributed by atoms with van der Waals surface area (Å²) in [5.74, 6) is 0.148. The van der Waals surface area contributed by atoms with Gasteiger partial charge in [-0.3, -0.25) is 14.6 Å². The number of nitrogens with zero attached hydrogens (tertiary/aromatic N) is 3. The lowest BCUT2D eigenvalue weighted by Crippen LogP contribution is -2.18. The maximum absolute atomic E-state index is 12.5. The van der Waals surface area contributed by atoms with Gasteiger partial charge in [-0.15, -0.1) is 0 Å². The van der Waals surface area contributed by atoms with Crippen molar-refractivity contribution in [3.8, 4) is 17.6 Å². The van der Waals surface area contributed by atoms with Gasteiger partial charge in [0.2, 0.25) is 0 Å². The summed E-state index contributed by atoms with van der Waals surface area (Å²) in [6, 6.07) is 19.3. The molecule has 3 aromatic rings. The van der Waals surface area contributed by atoms with Crippen molar-refractivity contribution in [2.24, 2.45) is 0 Å². The van der Waals surface area contributed by atoms with E-state index in [4.69, 9.17) is 4.74 Å². The fraction of sp³-hybridized carbons (Fsp3) is 0.120. The molecule has 2 amide bonds. The Morgan fingerprint density at radius 3 is 2.33 bits per heavy atom. The summed E-state index contributed by atoms with van der Waals surface area (Å²) < 4.78 is 5.75. The summed E-state index contributed by atoms with van der Waals surface area (Å²) >= 11 is 0. The second-order valence-corrected chi connectivity index (χ2v) is 7.19. The van der Waals surface area contributed by atoms with E-state index in [0.717, 1.165) is 11.3 Å². The fourth-order valence-corrected chi connectivity index (χ4v) is 2.85. The molecular formula is C25H23N5O3. The summed E-state index contributed by atoms with van der Waals surface area (Å²) in [4.78, 5) is 30.2.